The number of nitrogens with zero attached hydrogens (tertiary/aromatic N) is 2. The van der Waals surface area contributed by atoms with Gasteiger partial charge < -0.3 is 10.2 Å². The third-order valence-electron chi connectivity index (χ3n) is 3.68. The summed E-state index contributed by atoms with van der Waals surface area (Å²) < 4.78 is 31.8. The minimum absolute atomic E-state index is 0. The van der Waals surface area contributed by atoms with Gasteiger partial charge in [0, 0.05) is 54.3 Å². The zero-order valence-corrected chi connectivity index (χ0v) is 20.1. The van der Waals surface area contributed by atoms with Crippen LogP contribution >= 0.6 is 11.6 Å². The van der Waals surface area contributed by atoms with Gasteiger partial charge in [0.15, 0.2) is 5.75 Å². The minimum Gasteiger partial charge on any atom is -0.505 e. The van der Waals surface area contributed by atoms with E-state index in [-0.39, 0.29) is 70.8 Å². The maximum atomic E-state index is 11.3. The number of hydrogen-bond acceptors (Lipinski definition) is 6. The largest absolute Gasteiger partial charge is 0.505 e. The first-order valence-electron chi connectivity index (χ1n) is 7.35. The molecule has 28 heavy (non-hydrogen) atoms. The monoisotopic (exact) mass is 544 g/mol. The van der Waals surface area contributed by atoms with Crippen LogP contribution in [0.15, 0.2) is 63.7 Å². The molecule has 3 aromatic rings. The fourth-order valence-corrected chi connectivity index (χ4v) is 3.44. The van der Waals surface area contributed by atoms with Crippen molar-refractivity contribution >= 4 is 98.7 Å². The summed E-state index contributed by atoms with van der Waals surface area (Å²) in [6, 6.07) is 11.5. The Morgan fingerprint density at radius 1 is 1.04 bits per heavy atom. The number of fused-ring (bicyclic) bond motifs is 1. The molecule has 0 atom stereocenters. The SMILES string of the molecule is O=C(O)c1cc2ccccc2c(N=Nc2ccc(Cl)c(S(=O)(=O)O)c2)c1O.[Ba]. The van der Waals surface area contributed by atoms with Crippen molar-refractivity contribution in [3.05, 3.63) is 59.1 Å². The molecule has 0 unspecified atom stereocenters. The van der Waals surface area contributed by atoms with Gasteiger partial charge in [-0.15, -0.1) is 5.11 Å². The Morgan fingerprint density at radius 2 is 1.71 bits per heavy atom. The van der Waals surface area contributed by atoms with Crippen molar-refractivity contribution in [3.63, 3.8) is 0 Å². The number of halogens is 1. The van der Waals surface area contributed by atoms with Gasteiger partial charge in [0.1, 0.15) is 16.1 Å². The zero-order chi connectivity index (χ0) is 19.8. The Hall–Kier alpha value is -1.44. The number of rotatable bonds is 4. The molecular weight excluding hydrogens is 533 g/mol. The Labute approximate surface area is 204 Å². The molecule has 2 radical (unpaired) electrons. The maximum Gasteiger partial charge on any atom is 0.339 e. The predicted octanol–water partition coefficient (Wildman–Crippen LogP) is 4.18. The first-order chi connectivity index (χ1) is 12.7. The van der Waals surface area contributed by atoms with E-state index in [1.165, 1.54) is 18.2 Å². The molecule has 0 amide bonds. The van der Waals surface area contributed by atoms with Crippen molar-refractivity contribution in [1.82, 2.24) is 0 Å². The topological polar surface area (TPSA) is 137 Å². The van der Waals surface area contributed by atoms with Gasteiger partial charge in [0.25, 0.3) is 10.1 Å². The van der Waals surface area contributed by atoms with Crippen LogP contribution in [0.5, 0.6) is 5.75 Å². The summed E-state index contributed by atoms with van der Waals surface area (Å²) >= 11 is 5.74. The van der Waals surface area contributed by atoms with Crippen LogP contribution in [0, 0.1) is 0 Å². The van der Waals surface area contributed by atoms with Crippen molar-refractivity contribution in [2.75, 3.05) is 0 Å². The van der Waals surface area contributed by atoms with Crippen molar-refractivity contribution in [2.24, 2.45) is 10.2 Å². The Morgan fingerprint density at radius 3 is 2.36 bits per heavy atom. The van der Waals surface area contributed by atoms with Gasteiger partial charge in [-0.1, -0.05) is 35.9 Å². The molecule has 0 spiro atoms. The smallest absolute Gasteiger partial charge is 0.339 e. The molecule has 0 saturated carbocycles. The van der Waals surface area contributed by atoms with E-state index >= 15 is 0 Å². The van der Waals surface area contributed by atoms with Gasteiger partial charge in [0.05, 0.1) is 10.7 Å². The van der Waals surface area contributed by atoms with Crippen LogP contribution in [0.3, 0.4) is 0 Å². The maximum absolute atomic E-state index is 11.3. The third kappa shape index (κ3) is 4.75. The summed E-state index contributed by atoms with van der Waals surface area (Å²) in [5.41, 5.74) is -0.414. The number of carbonyl (C=O) groups is 1. The fraction of sp³-hybridized carbons (Fsp3) is 0. The molecule has 0 bridgehead atoms. The number of hydrogen-bond donors (Lipinski definition) is 3. The van der Waals surface area contributed by atoms with E-state index in [4.69, 9.17) is 11.6 Å². The zero-order valence-electron chi connectivity index (χ0n) is 14.1. The van der Waals surface area contributed by atoms with Gasteiger partial charge in [0.2, 0.25) is 0 Å². The number of carboxylic acids is 1. The quantitative estimate of drug-likeness (QED) is 0.256. The van der Waals surface area contributed by atoms with Crippen LogP contribution in [-0.2, 0) is 10.1 Å². The molecule has 0 heterocycles. The number of phenols is 1. The standard InChI is InChI=1S/C17H11ClN2O6S.Ba/c18-13-6-5-10(8-14(13)27(24,25)26)19-20-15-11-4-2-1-3-9(11)7-12(16(15)21)17(22)23;/h1-8,21H,(H,22,23)(H,24,25,26);. The van der Waals surface area contributed by atoms with Gasteiger partial charge >= 0.3 is 5.97 Å². The van der Waals surface area contributed by atoms with Crippen LogP contribution in [0.2, 0.25) is 5.02 Å². The van der Waals surface area contributed by atoms with Gasteiger partial charge in [-0.2, -0.15) is 13.5 Å². The fourth-order valence-electron chi connectivity index (χ4n) is 2.44. The Balaban J connectivity index is 0.00000280. The summed E-state index contributed by atoms with van der Waals surface area (Å²) in [6.45, 7) is 0. The molecule has 0 saturated heterocycles. The number of azo groups is 1. The summed E-state index contributed by atoms with van der Waals surface area (Å²) in [5.74, 6) is -1.91. The van der Waals surface area contributed by atoms with Crippen LogP contribution < -0.4 is 0 Å². The Kier molecular flexibility index (Phi) is 7.28. The van der Waals surface area contributed by atoms with E-state index < -0.39 is 26.7 Å². The third-order valence-corrected chi connectivity index (χ3v) is 5.02. The molecule has 0 aliphatic heterocycles. The molecule has 3 rings (SSSR count). The van der Waals surface area contributed by atoms with Gasteiger partial charge in [-0.25, -0.2) is 4.79 Å². The molecule has 3 aromatic carbocycles. The average Bonchev–Trinajstić information content (AvgIpc) is 2.60. The van der Waals surface area contributed by atoms with Crippen LogP contribution in [0.4, 0.5) is 11.4 Å². The molecule has 0 fully saturated rings. The summed E-state index contributed by atoms with van der Waals surface area (Å²) in [7, 11) is -4.56. The molecule has 0 aliphatic carbocycles. The molecule has 3 N–H and O–H groups in total. The molecule has 8 nitrogen and oxygen atoms in total. The van der Waals surface area contributed by atoms with Crippen LogP contribution in [0.1, 0.15) is 10.4 Å². The predicted molar refractivity (Wildman–Crippen MR) is 104 cm³/mol. The van der Waals surface area contributed by atoms with E-state index in [9.17, 15) is 28.0 Å². The van der Waals surface area contributed by atoms with E-state index in [1.54, 1.807) is 24.3 Å². The van der Waals surface area contributed by atoms with Crippen molar-refractivity contribution in [2.45, 2.75) is 4.90 Å². The molecule has 0 aliphatic rings. The summed E-state index contributed by atoms with van der Waals surface area (Å²) in [4.78, 5) is 10.8. The van der Waals surface area contributed by atoms with E-state index in [0.29, 0.717) is 10.8 Å². The van der Waals surface area contributed by atoms with Crippen LogP contribution in [0.25, 0.3) is 10.8 Å². The second-order valence-electron chi connectivity index (χ2n) is 5.44. The first kappa shape index (κ1) is 22.8. The number of aromatic carboxylic acids is 1. The van der Waals surface area contributed by atoms with E-state index in [0.717, 1.165) is 6.07 Å². The number of benzene rings is 3. The molecule has 11 heteroatoms. The van der Waals surface area contributed by atoms with Crippen molar-refractivity contribution < 1.29 is 28.0 Å². The van der Waals surface area contributed by atoms with Crippen LogP contribution in [-0.4, -0.2) is 78.0 Å². The second-order valence-corrected chi connectivity index (χ2v) is 7.23. The van der Waals surface area contributed by atoms with Crippen molar-refractivity contribution in [1.29, 1.82) is 0 Å². The van der Waals surface area contributed by atoms with Crippen molar-refractivity contribution in [3.8, 4) is 5.75 Å². The molecular formula is C17H11BaClN2O6S. The van der Waals surface area contributed by atoms with Gasteiger partial charge in [-0.05, 0) is 29.7 Å². The summed E-state index contributed by atoms with van der Waals surface area (Å²) in [5, 5.41) is 28.0. The average molecular weight is 544 g/mol. The molecule has 140 valence electrons. The van der Waals surface area contributed by atoms with E-state index in [2.05, 4.69) is 10.2 Å². The minimum atomic E-state index is -4.56. The van der Waals surface area contributed by atoms with Gasteiger partial charge in [-0.3, -0.25) is 4.55 Å². The number of carboxylic acid groups (broad SMARTS) is 1. The summed E-state index contributed by atoms with van der Waals surface area (Å²) in [6.07, 6.45) is 0. The Bertz CT molecular complexity index is 1210. The van der Waals surface area contributed by atoms with E-state index in [1.807, 2.05) is 0 Å². The second kappa shape index (κ2) is 8.93. The molecule has 0 aromatic heterocycles. The first-order valence-corrected chi connectivity index (χ1v) is 9.17. The number of aromatic hydroxyl groups is 1. The normalized spacial score (nSPS) is 11.5.